The van der Waals surface area contributed by atoms with Crippen molar-refractivity contribution in [3.63, 3.8) is 0 Å². The minimum Gasteiger partial charge on any atom is -0.329 e. The maximum absolute atomic E-state index is 12.5. The van der Waals surface area contributed by atoms with Crippen LogP contribution in [0.1, 0.15) is 12.5 Å². The van der Waals surface area contributed by atoms with Gasteiger partial charge in [-0.1, -0.05) is 48.0 Å². The normalized spacial score (nSPS) is 10.5. The van der Waals surface area contributed by atoms with Gasteiger partial charge in [-0.3, -0.25) is 14.6 Å². The molecule has 0 aliphatic rings. The van der Waals surface area contributed by atoms with Gasteiger partial charge in [0.05, 0.1) is 11.2 Å². The van der Waals surface area contributed by atoms with Crippen molar-refractivity contribution in [2.45, 2.75) is 13.5 Å². The van der Waals surface area contributed by atoms with E-state index in [-0.39, 0.29) is 24.9 Å². The summed E-state index contributed by atoms with van der Waals surface area (Å²) in [7, 11) is 0. The predicted octanol–water partition coefficient (Wildman–Crippen LogP) is 3.88. The SMILES string of the molecule is CC(=O)N(CC(=O)Nc1cccc2cccnc12)Cc1ccccc1Cl. The Morgan fingerprint density at radius 3 is 2.62 bits per heavy atom. The van der Waals surface area contributed by atoms with Crippen LogP contribution >= 0.6 is 11.6 Å². The summed E-state index contributed by atoms with van der Waals surface area (Å²) >= 11 is 6.16. The lowest BCUT2D eigenvalue weighted by Crippen LogP contribution is -2.36. The van der Waals surface area contributed by atoms with Crippen LogP contribution in [0.3, 0.4) is 0 Å². The molecule has 3 aromatic rings. The average Bonchev–Trinajstić information content (AvgIpc) is 2.63. The number of carbonyl (C=O) groups excluding carboxylic acids is 2. The van der Waals surface area contributed by atoms with Gasteiger partial charge in [-0.2, -0.15) is 0 Å². The number of carbonyl (C=O) groups is 2. The van der Waals surface area contributed by atoms with Gasteiger partial charge in [0.25, 0.3) is 0 Å². The Hall–Kier alpha value is -2.92. The molecule has 0 radical (unpaired) electrons. The Balaban J connectivity index is 1.74. The third-order valence-corrected chi connectivity index (χ3v) is 4.37. The minimum absolute atomic E-state index is 0.0657. The number of nitrogens with one attached hydrogen (secondary N) is 1. The molecule has 2 amide bonds. The fourth-order valence-electron chi connectivity index (χ4n) is 2.68. The molecule has 26 heavy (non-hydrogen) atoms. The van der Waals surface area contributed by atoms with Gasteiger partial charge in [0.15, 0.2) is 0 Å². The topological polar surface area (TPSA) is 62.3 Å². The summed E-state index contributed by atoms with van der Waals surface area (Å²) in [5.74, 6) is -0.485. The number of halogens is 1. The van der Waals surface area contributed by atoms with E-state index in [1.807, 2.05) is 42.5 Å². The largest absolute Gasteiger partial charge is 0.329 e. The summed E-state index contributed by atoms with van der Waals surface area (Å²) in [6.45, 7) is 1.64. The number of benzene rings is 2. The van der Waals surface area contributed by atoms with E-state index in [0.717, 1.165) is 10.9 Å². The third-order valence-electron chi connectivity index (χ3n) is 4.01. The minimum atomic E-state index is -0.287. The van der Waals surface area contributed by atoms with E-state index in [1.54, 1.807) is 18.3 Å². The Morgan fingerprint density at radius 2 is 1.85 bits per heavy atom. The summed E-state index contributed by atoms with van der Waals surface area (Å²) in [5.41, 5.74) is 2.13. The summed E-state index contributed by atoms with van der Waals surface area (Å²) in [6.07, 6.45) is 1.68. The predicted molar refractivity (Wildman–Crippen MR) is 103 cm³/mol. The molecule has 6 heteroatoms. The molecule has 0 fully saturated rings. The number of hydrogen-bond acceptors (Lipinski definition) is 3. The van der Waals surface area contributed by atoms with Crippen LogP contribution < -0.4 is 5.32 Å². The number of para-hydroxylation sites is 1. The molecular weight excluding hydrogens is 350 g/mol. The molecule has 0 saturated heterocycles. The smallest absolute Gasteiger partial charge is 0.244 e. The van der Waals surface area contributed by atoms with E-state index in [2.05, 4.69) is 10.3 Å². The summed E-state index contributed by atoms with van der Waals surface area (Å²) in [4.78, 5) is 30.2. The first-order valence-corrected chi connectivity index (χ1v) is 8.55. The first kappa shape index (κ1) is 17.9. The van der Waals surface area contributed by atoms with Crippen molar-refractivity contribution >= 4 is 40.0 Å². The van der Waals surface area contributed by atoms with Crippen LogP contribution in [0.15, 0.2) is 60.8 Å². The van der Waals surface area contributed by atoms with E-state index in [4.69, 9.17) is 11.6 Å². The number of fused-ring (bicyclic) bond motifs is 1. The zero-order valence-corrected chi connectivity index (χ0v) is 15.0. The third kappa shape index (κ3) is 4.18. The standard InChI is InChI=1S/C20H18ClN3O2/c1-14(25)24(12-16-6-2-3-9-17(16)21)13-19(26)23-18-10-4-7-15-8-5-11-22-20(15)18/h2-11H,12-13H2,1H3,(H,23,26). The molecular formula is C20H18ClN3O2. The zero-order valence-electron chi connectivity index (χ0n) is 14.3. The molecule has 0 saturated carbocycles. The van der Waals surface area contributed by atoms with E-state index in [9.17, 15) is 9.59 Å². The second-order valence-corrected chi connectivity index (χ2v) is 6.30. The van der Waals surface area contributed by atoms with Crippen LogP contribution in [-0.2, 0) is 16.1 Å². The summed E-state index contributed by atoms with van der Waals surface area (Å²) in [5, 5.41) is 4.34. The van der Waals surface area contributed by atoms with Crippen molar-refractivity contribution < 1.29 is 9.59 Å². The molecule has 1 aromatic heterocycles. The van der Waals surface area contributed by atoms with Crippen molar-refractivity contribution in [2.75, 3.05) is 11.9 Å². The van der Waals surface area contributed by atoms with Gasteiger partial charge in [-0.15, -0.1) is 0 Å². The summed E-state index contributed by atoms with van der Waals surface area (Å²) < 4.78 is 0. The number of nitrogens with zero attached hydrogens (tertiary/aromatic N) is 2. The molecule has 0 spiro atoms. The van der Waals surface area contributed by atoms with Crippen LogP contribution in [0.2, 0.25) is 5.02 Å². The summed E-state index contributed by atoms with van der Waals surface area (Å²) in [6, 6.07) is 16.6. The fraction of sp³-hybridized carbons (Fsp3) is 0.150. The van der Waals surface area contributed by atoms with E-state index >= 15 is 0 Å². The lowest BCUT2D eigenvalue weighted by Gasteiger charge is -2.21. The van der Waals surface area contributed by atoms with Crippen molar-refractivity contribution in [3.05, 3.63) is 71.4 Å². The van der Waals surface area contributed by atoms with Crippen LogP contribution in [-0.4, -0.2) is 28.2 Å². The number of aromatic nitrogens is 1. The van der Waals surface area contributed by atoms with Gasteiger partial charge in [-0.25, -0.2) is 0 Å². The van der Waals surface area contributed by atoms with Gasteiger partial charge in [0.2, 0.25) is 11.8 Å². The Bertz CT molecular complexity index is 953. The average molecular weight is 368 g/mol. The molecule has 0 aliphatic heterocycles. The highest BCUT2D eigenvalue weighted by molar-refractivity contribution is 6.31. The van der Waals surface area contributed by atoms with E-state index in [0.29, 0.717) is 16.2 Å². The maximum atomic E-state index is 12.5. The highest BCUT2D eigenvalue weighted by atomic mass is 35.5. The van der Waals surface area contributed by atoms with Crippen molar-refractivity contribution in [2.24, 2.45) is 0 Å². The first-order valence-electron chi connectivity index (χ1n) is 8.17. The van der Waals surface area contributed by atoms with Crippen LogP contribution in [0.4, 0.5) is 5.69 Å². The van der Waals surface area contributed by atoms with Crippen LogP contribution in [0, 0.1) is 0 Å². The van der Waals surface area contributed by atoms with E-state index < -0.39 is 0 Å². The molecule has 0 bridgehead atoms. The molecule has 5 nitrogen and oxygen atoms in total. The van der Waals surface area contributed by atoms with Crippen LogP contribution in [0.25, 0.3) is 10.9 Å². The number of rotatable bonds is 5. The highest BCUT2D eigenvalue weighted by Gasteiger charge is 2.16. The maximum Gasteiger partial charge on any atom is 0.244 e. The zero-order chi connectivity index (χ0) is 18.5. The second-order valence-electron chi connectivity index (χ2n) is 5.90. The molecule has 0 unspecified atom stereocenters. The number of hydrogen-bond donors (Lipinski definition) is 1. The van der Waals surface area contributed by atoms with Crippen molar-refractivity contribution in [1.29, 1.82) is 0 Å². The highest BCUT2D eigenvalue weighted by Crippen LogP contribution is 2.21. The fourth-order valence-corrected chi connectivity index (χ4v) is 2.87. The lowest BCUT2D eigenvalue weighted by atomic mass is 10.2. The number of anilines is 1. The molecule has 0 atom stereocenters. The number of amides is 2. The van der Waals surface area contributed by atoms with E-state index in [1.165, 1.54) is 11.8 Å². The molecule has 0 aliphatic carbocycles. The Kier molecular flexibility index (Phi) is 5.49. The van der Waals surface area contributed by atoms with Gasteiger partial charge in [0.1, 0.15) is 6.54 Å². The van der Waals surface area contributed by atoms with Crippen molar-refractivity contribution in [3.8, 4) is 0 Å². The van der Waals surface area contributed by atoms with Crippen LogP contribution in [0.5, 0.6) is 0 Å². The quantitative estimate of drug-likeness (QED) is 0.744. The monoisotopic (exact) mass is 367 g/mol. The first-order chi connectivity index (χ1) is 12.5. The van der Waals surface area contributed by atoms with Gasteiger partial charge >= 0.3 is 0 Å². The molecule has 2 aromatic carbocycles. The second kappa shape index (κ2) is 7.97. The van der Waals surface area contributed by atoms with Crippen molar-refractivity contribution in [1.82, 2.24) is 9.88 Å². The van der Waals surface area contributed by atoms with Gasteiger partial charge < -0.3 is 10.2 Å². The lowest BCUT2D eigenvalue weighted by molar-refractivity contribution is -0.133. The Labute approximate surface area is 156 Å². The van der Waals surface area contributed by atoms with Gasteiger partial charge in [-0.05, 0) is 23.8 Å². The van der Waals surface area contributed by atoms with Gasteiger partial charge in [0, 0.05) is 30.1 Å². The molecule has 3 rings (SSSR count). The Morgan fingerprint density at radius 1 is 1.08 bits per heavy atom. The molecule has 1 N–H and O–H groups in total. The number of pyridine rings is 1. The molecule has 1 heterocycles. The molecule has 132 valence electrons.